The largest absolute Gasteiger partial charge is 0.491 e. The lowest BCUT2D eigenvalue weighted by molar-refractivity contribution is -0.385. The monoisotopic (exact) mass is 396 g/mol. The van der Waals surface area contributed by atoms with E-state index in [0.29, 0.717) is 10.2 Å². The second-order valence-electron chi connectivity index (χ2n) is 4.71. The van der Waals surface area contributed by atoms with Crippen molar-refractivity contribution in [3.8, 4) is 5.75 Å². The second kappa shape index (κ2) is 5.88. The van der Waals surface area contributed by atoms with Gasteiger partial charge >= 0.3 is 0 Å². The Bertz CT molecular complexity index is 690. The van der Waals surface area contributed by atoms with Gasteiger partial charge in [-0.2, -0.15) is 0 Å². The zero-order chi connectivity index (χ0) is 14.8. The van der Waals surface area contributed by atoms with Crippen LogP contribution in [-0.2, 0) is 0 Å². The normalized spacial score (nSPS) is 14.0. The van der Waals surface area contributed by atoms with Crippen molar-refractivity contribution in [2.24, 2.45) is 0 Å². The Labute approximate surface area is 135 Å². The predicted molar refractivity (Wildman–Crippen MR) is 89.4 cm³/mol. The maximum atomic E-state index is 10.9. The molecule has 0 aromatic heterocycles. The molecule has 0 amide bonds. The molecule has 0 saturated carbocycles. The van der Waals surface area contributed by atoms with Crippen LogP contribution in [0.15, 0.2) is 42.5 Å². The Hall–Kier alpha value is -1.83. The molecule has 1 heterocycles. The van der Waals surface area contributed by atoms with Crippen molar-refractivity contribution in [1.82, 2.24) is 0 Å². The van der Waals surface area contributed by atoms with E-state index in [4.69, 9.17) is 4.74 Å². The van der Waals surface area contributed by atoms with Crippen LogP contribution in [0.2, 0.25) is 0 Å². The minimum Gasteiger partial charge on any atom is -0.491 e. The third kappa shape index (κ3) is 2.80. The van der Waals surface area contributed by atoms with Crippen molar-refractivity contribution >= 4 is 39.7 Å². The van der Waals surface area contributed by atoms with Crippen LogP contribution in [0, 0.1) is 13.7 Å². The molecule has 0 unspecified atom stereocenters. The number of para-hydroxylation sites is 2. The molecule has 1 aliphatic rings. The van der Waals surface area contributed by atoms with E-state index in [9.17, 15) is 10.1 Å². The topological polar surface area (TPSA) is 55.6 Å². The molecule has 6 heteroatoms. The van der Waals surface area contributed by atoms with Crippen LogP contribution >= 0.6 is 22.6 Å². The van der Waals surface area contributed by atoms with Gasteiger partial charge in [-0.1, -0.05) is 12.1 Å². The Kier molecular flexibility index (Phi) is 3.96. The van der Waals surface area contributed by atoms with Crippen LogP contribution in [0.5, 0.6) is 5.75 Å². The van der Waals surface area contributed by atoms with E-state index in [-0.39, 0.29) is 10.6 Å². The number of ether oxygens (including phenoxy) is 1. The third-order valence-electron chi connectivity index (χ3n) is 3.38. The summed E-state index contributed by atoms with van der Waals surface area (Å²) in [6.45, 7) is 1.50. The molecule has 2 aromatic rings. The summed E-state index contributed by atoms with van der Waals surface area (Å²) in [6.07, 6.45) is 0.905. The van der Waals surface area contributed by atoms with E-state index in [1.165, 1.54) is 0 Å². The molecule has 0 fully saturated rings. The van der Waals surface area contributed by atoms with Gasteiger partial charge in [0, 0.05) is 18.3 Å². The number of halogens is 1. The zero-order valence-electron chi connectivity index (χ0n) is 11.2. The van der Waals surface area contributed by atoms with Gasteiger partial charge in [-0.3, -0.25) is 10.1 Å². The van der Waals surface area contributed by atoms with Crippen molar-refractivity contribution in [2.75, 3.05) is 18.1 Å². The molecule has 0 N–H and O–H groups in total. The maximum Gasteiger partial charge on any atom is 0.282 e. The maximum absolute atomic E-state index is 10.9. The van der Waals surface area contributed by atoms with Gasteiger partial charge < -0.3 is 9.64 Å². The van der Waals surface area contributed by atoms with Crippen molar-refractivity contribution in [2.45, 2.75) is 6.42 Å². The molecule has 0 bridgehead atoms. The molecule has 108 valence electrons. The fraction of sp³-hybridized carbons (Fsp3) is 0.200. The van der Waals surface area contributed by atoms with Gasteiger partial charge in [0.1, 0.15) is 5.75 Å². The number of nitrogens with zero attached hydrogens (tertiary/aromatic N) is 2. The lowest BCUT2D eigenvalue weighted by Gasteiger charge is -2.24. The molecular formula is C15H13IN2O3. The van der Waals surface area contributed by atoms with Crippen molar-refractivity contribution in [3.63, 3.8) is 0 Å². The van der Waals surface area contributed by atoms with Gasteiger partial charge in [-0.15, -0.1) is 0 Å². The average molecular weight is 396 g/mol. The van der Waals surface area contributed by atoms with Gasteiger partial charge in [-0.05, 0) is 53.3 Å². The molecule has 1 aliphatic heterocycles. The van der Waals surface area contributed by atoms with Crippen molar-refractivity contribution < 1.29 is 9.66 Å². The summed E-state index contributed by atoms with van der Waals surface area (Å²) >= 11 is 2.01. The van der Waals surface area contributed by atoms with Crippen molar-refractivity contribution in [1.29, 1.82) is 0 Å². The summed E-state index contributed by atoms with van der Waals surface area (Å²) in [7, 11) is 0. The Morgan fingerprint density at radius 2 is 2.05 bits per heavy atom. The lowest BCUT2D eigenvalue weighted by Crippen LogP contribution is -2.17. The van der Waals surface area contributed by atoms with Gasteiger partial charge in [0.15, 0.2) is 0 Å². The predicted octanol–water partition coefficient (Wildman–Crippen LogP) is 4.12. The van der Waals surface area contributed by atoms with Crippen LogP contribution in [0.3, 0.4) is 0 Å². The number of fused-ring (bicyclic) bond motifs is 1. The quantitative estimate of drug-likeness (QED) is 0.436. The van der Waals surface area contributed by atoms with Gasteiger partial charge in [0.05, 0.1) is 20.8 Å². The van der Waals surface area contributed by atoms with Gasteiger partial charge in [0.2, 0.25) is 0 Å². The SMILES string of the molecule is O=[N+]([O-])c1ccc(N2CCCOc3ccccc32)cc1I. The number of nitro groups is 1. The summed E-state index contributed by atoms with van der Waals surface area (Å²) in [5.74, 6) is 0.850. The Morgan fingerprint density at radius 3 is 2.81 bits per heavy atom. The Morgan fingerprint density at radius 1 is 1.24 bits per heavy atom. The highest BCUT2D eigenvalue weighted by molar-refractivity contribution is 14.1. The summed E-state index contributed by atoms with van der Waals surface area (Å²) in [6, 6.07) is 13.1. The van der Waals surface area contributed by atoms with E-state index in [0.717, 1.165) is 30.1 Å². The van der Waals surface area contributed by atoms with E-state index in [1.54, 1.807) is 12.1 Å². The first-order valence-electron chi connectivity index (χ1n) is 6.60. The molecule has 0 atom stereocenters. The molecule has 0 radical (unpaired) electrons. The van der Waals surface area contributed by atoms with Crippen LogP contribution in [0.25, 0.3) is 0 Å². The van der Waals surface area contributed by atoms with Gasteiger partial charge in [-0.25, -0.2) is 0 Å². The van der Waals surface area contributed by atoms with Crippen LogP contribution < -0.4 is 9.64 Å². The number of hydrogen-bond donors (Lipinski definition) is 0. The molecule has 0 aliphatic carbocycles. The van der Waals surface area contributed by atoms with Gasteiger partial charge in [0.25, 0.3) is 5.69 Å². The number of hydrogen-bond acceptors (Lipinski definition) is 4. The fourth-order valence-corrected chi connectivity index (χ4v) is 3.10. The minimum absolute atomic E-state index is 0.138. The lowest BCUT2D eigenvalue weighted by atomic mass is 10.2. The molecule has 0 saturated heterocycles. The first-order chi connectivity index (χ1) is 10.2. The van der Waals surface area contributed by atoms with Crippen molar-refractivity contribution in [3.05, 3.63) is 56.1 Å². The standard InChI is InChI=1S/C15H13IN2O3/c16-12-10-11(6-7-13(12)18(19)20)17-8-3-9-21-15-5-2-1-4-14(15)17/h1-2,4-7,10H,3,8-9H2. The summed E-state index contributed by atoms with van der Waals surface area (Å²) in [4.78, 5) is 12.7. The number of anilines is 2. The highest BCUT2D eigenvalue weighted by Crippen LogP contribution is 2.37. The fourth-order valence-electron chi connectivity index (χ4n) is 2.41. The number of benzene rings is 2. The number of nitro benzene ring substituents is 1. The molecule has 0 spiro atoms. The number of rotatable bonds is 2. The van der Waals surface area contributed by atoms with Crippen LogP contribution in [0.1, 0.15) is 6.42 Å². The summed E-state index contributed by atoms with van der Waals surface area (Å²) in [5, 5.41) is 10.9. The van der Waals surface area contributed by atoms with E-state index >= 15 is 0 Å². The highest BCUT2D eigenvalue weighted by atomic mass is 127. The van der Waals surface area contributed by atoms with E-state index < -0.39 is 0 Å². The average Bonchev–Trinajstić information content (AvgIpc) is 2.69. The summed E-state index contributed by atoms with van der Waals surface area (Å²) in [5.41, 5.74) is 2.08. The highest BCUT2D eigenvalue weighted by Gasteiger charge is 2.20. The van der Waals surface area contributed by atoms with Crippen LogP contribution in [0.4, 0.5) is 17.1 Å². The van der Waals surface area contributed by atoms with Crippen LogP contribution in [-0.4, -0.2) is 18.1 Å². The minimum atomic E-state index is -0.356. The molecule has 21 heavy (non-hydrogen) atoms. The summed E-state index contributed by atoms with van der Waals surface area (Å²) < 4.78 is 6.38. The first kappa shape index (κ1) is 14.1. The Balaban J connectivity index is 2.04. The smallest absolute Gasteiger partial charge is 0.282 e. The molecule has 2 aromatic carbocycles. The van der Waals surface area contributed by atoms with E-state index in [2.05, 4.69) is 4.90 Å². The molecule has 5 nitrogen and oxygen atoms in total. The first-order valence-corrected chi connectivity index (χ1v) is 7.68. The third-order valence-corrected chi connectivity index (χ3v) is 4.24. The van der Waals surface area contributed by atoms with E-state index in [1.807, 2.05) is 52.9 Å². The molecule has 3 rings (SSSR count). The zero-order valence-corrected chi connectivity index (χ0v) is 13.3. The second-order valence-corrected chi connectivity index (χ2v) is 5.88. The molecular weight excluding hydrogens is 383 g/mol.